The van der Waals surface area contributed by atoms with Crippen molar-refractivity contribution in [2.24, 2.45) is 0 Å². The molecular formula is C27H34FN3OS. The standard InChI is InChI=1S/C27H34FN3OS/c1-29-16-13-25(26-12-7-19-33-26)32-24-11-5-4-10-23(24)31-17-14-27(15-18-31,30(2)3)21-8-6-9-22(28)20-21/h4-12,19-20,25,29H,13-18H2,1-3H3/t25-/m1/s1. The predicted octanol–water partition coefficient (Wildman–Crippen LogP) is 5.67. The first kappa shape index (κ1) is 23.7. The molecule has 1 aromatic heterocycles. The summed E-state index contributed by atoms with van der Waals surface area (Å²) in [6, 6.07) is 19.7. The van der Waals surface area contributed by atoms with Crippen LogP contribution in [0.15, 0.2) is 66.0 Å². The van der Waals surface area contributed by atoms with Gasteiger partial charge in [-0.25, -0.2) is 4.39 Å². The molecule has 2 aromatic carbocycles. The molecule has 4 rings (SSSR count). The van der Waals surface area contributed by atoms with Gasteiger partial charge in [-0.3, -0.25) is 4.90 Å². The van der Waals surface area contributed by atoms with Crippen LogP contribution in [-0.4, -0.2) is 45.7 Å². The summed E-state index contributed by atoms with van der Waals surface area (Å²) in [4.78, 5) is 5.92. The van der Waals surface area contributed by atoms with Crippen LogP contribution < -0.4 is 15.0 Å². The molecule has 1 saturated heterocycles. The SMILES string of the molecule is CNCC[C@@H](Oc1ccccc1N1CCC(c2cccc(F)c2)(N(C)C)CC1)c1cccs1. The number of piperidine rings is 1. The summed E-state index contributed by atoms with van der Waals surface area (Å²) < 4.78 is 20.6. The van der Waals surface area contributed by atoms with Crippen LogP contribution in [0.2, 0.25) is 0 Å². The van der Waals surface area contributed by atoms with E-state index in [9.17, 15) is 4.39 Å². The van der Waals surface area contributed by atoms with Gasteiger partial charge in [0.25, 0.3) is 0 Å². The number of para-hydroxylation sites is 2. The lowest BCUT2D eigenvalue weighted by atomic mass is 9.79. The summed E-state index contributed by atoms with van der Waals surface area (Å²) >= 11 is 1.74. The minimum absolute atomic E-state index is 0.0246. The van der Waals surface area contributed by atoms with Crippen LogP contribution in [0.25, 0.3) is 0 Å². The number of ether oxygens (including phenoxy) is 1. The van der Waals surface area contributed by atoms with Crippen molar-refractivity contribution >= 4 is 17.0 Å². The fraction of sp³-hybridized carbons (Fsp3) is 0.407. The molecule has 1 N–H and O–H groups in total. The fourth-order valence-corrected chi connectivity index (χ4v) is 5.66. The Kier molecular flexibility index (Phi) is 7.68. The first-order chi connectivity index (χ1) is 16.0. The van der Waals surface area contributed by atoms with Gasteiger partial charge in [-0.05, 0) is 81.8 Å². The smallest absolute Gasteiger partial charge is 0.143 e. The molecule has 0 amide bonds. The maximum atomic E-state index is 14.0. The van der Waals surface area contributed by atoms with Crippen molar-refractivity contribution in [3.05, 3.63) is 82.3 Å². The van der Waals surface area contributed by atoms with E-state index in [0.717, 1.165) is 55.9 Å². The number of halogens is 1. The topological polar surface area (TPSA) is 27.7 Å². The number of nitrogens with zero attached hydrogens (tertiary/aromatic N) is 2. The minimum Gasteiger partial charge on any atom is -0.483 e. The van der Waals surface area contributed by atoms with Crippen molar-refractivity contribution in [1.29, 1.82) is 0 Å². The van der Waals surface area contributed by atoms with Gasteiger partial charge in [0.05, 0.1) is 5.69 Å². The highest BCUT2D eigenvalue weighted by Crippen LogP contribution is 2.41. The van der Waals surface area contributed by atoms with Gasteiger partial charge in [0.15, 0.2) is 0 Å². The van der Waals surface area contributed by atoms with E-state index in [-0.39, 0.29) is 17.5 Å². The summed E-state index contributed by atoms with van der Waals surface area (Å²) in [5.74, 6) is 0.756. The monoisotopic (exact) mass is 467 g/mol. The molecule has 1 aliphatic heterocycles. The van der Waals surface area contributed by atoms with Gasteiger partial charge in [-0.15, -0.1) is 11.3 Å². The molecule has 1 fully saturated rings. The van der Waals surface area contributed by atoms with Crippen molar-refractivity contribution in [3.63, 3.8) is 0 Å². The van der Waals surface area contributed by atoms with E-state index < -0.39 is 0 Å². The molecule has 4 nitrogen and oxygen atoms in total. The summed E-state index contributed by atoms with van der Waals surface area (Å²) in [5.41, 5.74) is 2.03. The normalized spacial score (nSPS) is 16.7. The molecule has 3 aromatic rings. The Labute approximate surface area is 201 Å². The van der Waals surface area contributed by atoms with Gasteiger partial charge in [0.2, 0.25) is 0 Å². The second kappa shape index (κ2) is 10.7. The van der Waals surface area contributed by atoms with E-state index in [1.54, 1.807) is 17.4 Å². The van der Waals surface area contributed by atoms with Gasteiger partial charge in [0.1, 0.15) is 17.7 Å². The number of hydrogen-bond donors (Lipinski definition) is 1. The van der Waals surface area contributed by atoms with Crippen molar-refractivity contribution in [2.45, 2.75) is 30.9 Å². The molecular weight excluding hydrogens is 433 g/mol. The highest BCUT2D eigenvalue weighted by Gasteiger charge is 2.39. The molecule has 0 aliphatic carbocycles. The van der Waals surface area contributed by atoms with E-state index in [1.807, 2.05) is 19.2 Å². The van der Waals surface area contributed by atoms with Gasteiger partial charge < -0.3 is 15.0 Å². The molecule has 2 heterocycles. The molecule has 0 radical (unpaired) electrons. The van der Waals surface area contributed by atoms with E-state index >= 15 is 0 Å². The Morgan fingerprint density at radius 1 is 1.09 bits per heavy atom. The van der Waals surface area contributed by atoms with Crippen LogP contribution in [0.4, 0.5) is 10.1 Å². The number of hydrogen-bond acceptors (Lipinski definition) is 5. The molecule has 1 aliphatic rings. The third kappa shape index (κ3) is 5.24. The van der Waals surface area contributed by atoms with Crippen molar-refractivity contribution in [2.75, 3.05) is 45.7 Å². The highest BCUT2D eigenvalue weighted by atomic mass is 32.1. The third-order valence-corrected chi connectivity index (χ3v) is 7.77. The lowest BCUT2D eigenvalue weighted by Crippen LogP contribution is -2.50. The average Bonchev–Trinajstić information content (AvgIpc) is 3.37. The number of benzene rings is 2. The fourth-order valence-electron chi connectivity index (χ4n) is 4.87. The second-order valence-electron chi connectivity index (χ2n) is 8.91. The van der Waals surface area contributed by atoms with Gasteiger partial charge in [0, 0.05) is 29.9 Å². The summed E-state index contributed by atoms with van der Waals surface area (Å²) in [6.45, 7) is 2.66. The van der Waals surface area contributed by atoms with Crippen LogP contribution >= 0.6 is 11.3 Å². The molecule has 0 bridgehead atoms. The minimum atomic E-state index is -0.170. The molecule has 0 unspecified atom stereocenters. The Balaban J connectivity index is 1.54. The first-order valence-electron chi connectivity index (χ1n) is 11.7. The Morgan fingerprint density at radius 2 is 1.88 bits per heavy atom. The van der Waals surface area contributed by atoms with E-state index in [4.69, 9.17) is 4.74 Å². The van der Waals surface area contributed by atoms with Gasteiger partial charge in [-0.2, -0.15) is 0 Å². The number of rotatable bonds is 9. The Bertz CT molecular complexity index is 1020. The highest BCUT2D eigenvalue weighted by molar-refractivity contribution is 7.10. The zero-order valence-electron chi connectivity index (χ0n) is 19.8. The van der Waals surface area contributed by atoms with E-state index in [0.29, 0.717) is 0 Å². The third-order valence-electron chi connectivity index (χ3n) is 6.80. The maximum absolute atomic E-state index is 14.0. The molecule has 1 atom stereocenters. The number of nitrogens with one attached hydrogen (secondary N) is 1. The summed E-state index contributed by atoms with van der Waals surface area (Å²) in [5, 5.41) is 5.35. The van der Waals surface area contributed by atoms with Crippen molar-refractivity contribution < 1.29 is 9.13 Å². The molecule has 33 heavy (non-hydrogen) atoms. The Morgan fingerprint density at radius 3 is 2.55 bits per heavy atom. The van der Waals surface area contributed by atoms with E-state index in [2.05, 4.69) is 71.0 Å². The van der Waals surface area contributed by atoms with E-state index in [1.165, 1.54) is 10.9 Å². The summed E-state index contributed by atoms with van der Waals surface area (Å²) in [6.07, 6.45) is 2.78. The van der Waals surface area contributed by atoms with Gasteiger partial charge in [-0.1, -0.05) is 30.3 Å². The molecule has 6 heteroatoms. The lowest BCUT2D eigenvalue weighted by molar-refractivity contribution is 0.115. The Hall–Kier alpha value is -2.41. The predicted molar refractivity (Wildman–Crippen MR) is 136 cm³/mol. The summed E-state index contributed by atoms with van der Waals surface area (Å²) in [7, 11) is 6.18. The van der Waals surface area contributed by atoms with Crippen LogP contribution in [0.5, 0.6) is 5.75 Å². The number of anilines is 1. The quantitative estimate of drug-likeness (QED) is 0.439. The first-order valence-corrected chi connectivity index (χ1v) is 12.5. The van der Waals surface area contributed by atoms with Gasteiger partial charge >= 0.3 is 0 Å². The lowest BCUT2D eigenvalue weighted by Gasteiger charge is -2.47. The maximum Gasteiger partial charge on any atom is 0.143 e. The number of thiophene rings is 1. The largest absolute Gasteiger partial charge is 0.483 e. The van der Waals surface area contributed by atoms with Crippen LogP contribution in [-0.2, 0) is 5.54 Å². The molecule has 176 valence electrons. The van der Waals surface area contributed by atoms with Crippen LogP contribution in [0.1, 0.15) is 35.8 Å². The average molecular weight is 468 g/mol. The van der Waals surface area contributed by atoms with Crippen LogP contribution in [0.3, 0.4) is 0 Å². The van der Waals surface area contributed by atoms with Crippen LogP contribution in [0, 0.1) is 5.82 Å². The van der Waals surface area contributed by atoms with Crippen molar-refractivity contribution in [3.8, 4) is 5.75 Å². The molecule has 0 saturated carbocycles. The zero-order valence-corrected chi connectivity index (χ0v) is 20.6. The second-order valence-corrected chi connectivity index (χ2v) is 9.88. The molecule has 0 spiro atoms. The zero-order chi connectivity index (χ0) is 23.3. The van der Waals surface area contributed by atoms with Crippen molar-refractivity contribution in [1.82, 2.24) is 10.2 Å².